The van der Waals surface area contributed by atoms with Crippen LogP contribution in [0.4, 0.5) is 13.2 Å². The van der Waals surface area contributed by atoms with Gasteiger partial charge in [0, 0.05) is 10.7 Å². The zero-order chi connectivity index (χ0) is 14.0. The van der Waals surface area contributed by atoms with Crippen molar-refractivity contribution < 1.29 is 13.2 Å². The van der Waals surface area contributed by atoms with Gasteiger partial charge < -0.3 is 5.73 Å². The van der Waals surface area contributed by atoms with Gasteiger partial charge in [0.1, 0.15) is 0 Å². The molecule has 0 saturated heterocycles. The molecule has 2 aromatic rings. The predicted molar refractivity (Wildman–Crippen MR) is 69.4 cm³/mol. The van der Waals surface area contributed by atoms with Crippen LogP contribution in [0.5, 0.6) is 0 Å². The molecule has 0 unspecified atom stereocenters. The Labute approximate surface area is 116 Å². The van der Waals surface area contributed by atoms with Crippen LogP contribution in [0.2, 0.25) is 0 Å². The van der Waals surface area contributed by atoms with Gasteiger partial charge in [0.05, 0.1) is 17.3 Å². The number of hydrogen-bond acceptors (Lipinski definition) is 2. The summed E-state index contributed by atoms with van der Waals surface area (Å²) in [5, 5.41) is 0. The number of nitrogens with two attached hydrogens (primary N) is 1. The molecule has 2 nitrogen and oxygen atoms in total. The van der Waals surface area contributed by atoms with Crippen LogP contribution in [0.3, 0.4) is 0 Å². The Morgan fingerprint density at radius 1 is 1.11 bits per heavy atom. The minimum Gasteiger partial charge on any atom is -0.319 e. The van der Waals surface area contributed by atoms with Crippen LogP contribution in [-0.4, -0.2) is 4.98 Å². The number of rotatable bonds is 2. The van der Waals surface area contributed by atoms with Gasteiger partial charge in [0.2, 0.25) is 0 Å². The Balaban J connectivity index is 2.31. The maximum atomic E-state index is 12.5. The van der Waals surface area contributed by atoms with E-state index in [1.54, 1.807) is 18.3 Å². The molecule has 1 aromatic heterocycles. The van der Waals surface area contributed by atoms with E-state index in [1.165, 1.54) is 12.1 Å². The van der Waals surface area contributed by atoms with Crippen molar-refractivity contribution in [3.05, 3.63) is 63.9 Å². The highest BCUT2D eigenvalue weighted by molar-refractivity contribution is 9.10. The summed E-state index contributed by atoms with van der Waals surface area (Å²) in [6, 6.07) is 7.73. The maximum Gasteiger partial charge on any atom is 0.416 e. The highest BCUT2D eigenvalue weighted by Gasteiger charge is 2.30. The van der Waals surface area contributed by atoms with E-state index in [0.717, 1.165) is 16.6 Å². The first-order chi connectivity index (χ1) is 8.89. The molecule has 0 aliphatic rings. The molecule has 6 heteroatoms. The van der Waals surface area contributed by atoms with Gasteiger partial charge in [-0.25, -0.2) is 0 Å². The molecule has 0 bridgehead atoms. The summed E-state index contributed by atoms with van der Waals surface area (Å²) in [5.41, 5.74) is 6.47. The third kappa shape index (κ3) is 3.13. The van der Waals surface area contributed by atoms with Crippen molar-refractivity contribution in [2.75, 3.05) is 0 Å². The normalized spacial score (nSPS) is 13.3. The van der Waals surface area contributed by atoms with E-state index < -0.39 is 17.8 Å². The first-order valence-electron chi connectivity index (χ1n) is 5.43. The summed E-state index contributed by atoms with van der Waals surface area (Å²) in [6.45, 7) is 0. The summed E-state index contributed by atoms with van der Waals surface area (Å²) >= 11 is 3.32. The first-order valence-corrected chi connectivity index (χ1v) is 6.22. The zero-order valence-corrected chi connectivity index (χ0v) is 11.2. The molecule has 0 amide bonds. The fraction of sp³-hybridized carbons (Fsp3) is 0.154. The monoisotopic (exact) mass is 330 g/mol. The largest absolute Gasteiger partial charge is 0.416 e. The van der Waals surface area contributed by atoms with Crippen LogP contribution in [0, 0.1) is 0 Å². The Morgan fingerprint density at radius 2 is 1.74 bits per heavy atom. The average molecular weight is 331 g/mol. The van der Waals surface area contributed by atoms with Crippen molar-refractivity contribution in [3.63, 3.8) is 0 Å². The number of alkyl halides is 3. The third-order valence-corrected chi connectivity index (χ3v) is 3.35. The van der Waals surface area contributed by atoms with Gasteiger partial charge >= 0.3 is 6.18 Å². The van der Waals surface area contributed by atoms with Crippen molar-refractivity contribution in [1.82, 2.24) is 4.98 Å². The zero-order valence-electron chi connectivity index (χ0n) is 9.66. The summed E-state index contributed by atoms with van der Waals surface area (Å²) in [7, 11) is 0. The molecular formula is C13H10BrF3N2. The lowest BCUT2D eigenvalue weighted by Gasteiger charge is -2.14. The second-order valence-electron chi connectivity index (χ2n) is 3.97. The minimum absolute atomic E-state index is 0.571. The van der Waals surface area contributed by atoms with E-state index in [4.69, 9.17) is 5.73 Å². The lowest BCUT2D eigenvalue weighted by molar-refractivity contribution is -0.137. The fourth-order valence-corrected chi connectivity index (χ4v) is 2.17. The number of pyridine rings is 1. The fourth-order valence-electron chi connectivity index (χ4n) is 1.66. The van der Waals surface area contributed by atoms with Crippen LogP contribution < -0.4 is 5.73 Å². The third-order valence-electron chi connectivity index (χ3n) is 2.68. The molecule has 1 heterocycles. The van der Waals surface area contributed by atoms with Gasteiger partial charge in [-0.3, -0.25) is 4.98 Å². The standard InChI is InChI=1S/C13H10BrF3N2/c14-10-2-1-7-19-12(10)11(18)8-3-5-9(6-4-8)13(15,16)17/h1-7,11H,18H2/t11-/m0/s1. The van der Waals surface area contributed by atoms with Crippen molar-refractivity contribution in [1.29, 1.82) is 0 Å². The van der Waals surface area contributed by atoms with Gasteiger partial charge in [0.15, 0.2) is 0 Å². The van der Waals surface area contributed by atoms with E-state index >= 15 is 0 Å². The van der Waals surface area contributed by atoms with Crippen LogP contribution >= 0.6 is 15.9 Å². The molecule has 0 radical (unpaired) electrons. The van der Waals surface area contributed by atoms with Gasteiger partial charge in [-0.1, -0.05) is 12.1 Å². The average Bonchev–Trinajstić information content (AvgIpc) is 2.38. The Kier molecular flexibility index (Phi) is 3.91. The molecule has 0 spiro atoms. The van der Waals surface area contributed by atoms with Crippen molar-refractivity contribution in [2.45, 2.75) is 12.2 Å². The quantitative estimate of drug-likeness (QED) is 0.906. The molecule has 19 heavy (non-hydrogen) atoms. The predicted octanol–water partition coefficient (Wildman–Crippen LogP) is 3.91. The van der Waals surface area contributed by atoms with Gasteiger partial charge in [-0.2, -0.15) is 13.2 Å². The molecule has 0 aliphatic carbocycles. The molecule has 2 rings (SSSR count). The molecular weight excluding hydrogens is 321 g/mol. The van der Waals surface area contributed by atoms with Gasteiger partial charge in [-0.15, -0.1) is 0 Å². The van der Waals surface area contributed by atoms with E-state index in [0.29, 0.717) is 11.3 Å². The second kappa shape index (κ2) is 5.30. The number of benzene rings is 1. The number of halogens is 4. The number of aromatic nitrogens is 1. The first kappa shape index (κ1) is 14.0. The molecule has 0 fully saturated rings. The van der Waals surface area contributed by atoms with Crippen molar-refractivity contribution in [3.8, 4) is 0 Å². The molecule has 0 aliphatic heterocycles. The van der Waals surface area contributed by atoms with Crippen molar-refractivity contribution >= 4 is 15.9 Å². The summed E-state index contributed by atoms with van der Waals surface area (Å²) < 4.78 is 38.1. The van der Waals surface area contributed by atoms with Crippen molar-refractivity contribution in [2.24, 2.45) is 5.73 Å². The summed E-state index contributed by atoms with van der Waals surface area (Å²) in [5.74, 6) is 0. The van der Waals surface area contributed by atoms with Gasteiger partial charge in [-0.05, 0) is 45.8 Å². The lowest BCUT2D eigenvalue weighted by Crippen LogP contribution is -2.14. The lowest BCUT2D eigenvalue weighted by atomic mass is 10.0. The highest BCUT2D eigenvalue weighted by atomic mass is 79.9. The molecule has 1 aromatic carbocycles. The van der Waals surface area contributed by atoms with Crippen LogP contribution in [-0.2, 0) is 6.18 Å². The van der Waals surface area contributed by atoms with E-state index in [2.05, 4.69) is 20.9 Å². The second-order valence-corrected chi connectivity index (χ2v) is 4.82. The Bertz CT molecular complexity index is 567. The van der Waals surface area contributed by atoms with E-state index in [9.17, 15) is 13.2 Å². The van der Waals surface area contributed by atoms with E-state index in [1.807, 2.05) is 0 Å². The Morgan fingerprint density at radius 3 is 2.26 bits per heavy atom. The van der Waals surface area contributed by atoms with E-state index in [-0.39, 0.29) is 0 Å². The Hall–Kier alpha value is -1.40. The summed E-state index contributed by atoms with van der Waals surface area (Å²) in [4.78, 5) is 4.13. The molecule has 0 saturated carbocycles. The van der Waals surface area contributed by atoms with Crippen LogP contribution in [0.15, 0.2) is 47.1 Å². The molecule has 1 atom stereocenters. The minimum atomic E-state index is -4.34. The smallest absolute Gasteiger partial charge is 0.319 e. The molecule has 2 N–H and O–H groups in total. The van der Waals surface area contributed by atoms with Gasteiger partial charge in [0.25, 0.3) is 0 Å². The number of hydrogen-bond donors (Lipinski definition) is 1. The highest BCUT2D eigenvalue weighted by Crippen LogP contribution is 2.31. The van der Waals surface area contributed by atoms with Crippen LogP contribution in [0.1, 0.15) is 22.9 Å². The summed E-state index contributed by atoms with van der Waals surface area (Å²) in [6.07, 6.45) is -2.75. The number of nitrogens with zero attached hydrogens (tertiary/aromatic N) is 1. The molecule has 100 valence electrons. The van der Waals surface area contributed by atoms with Crippen LogP contribution in [0.25, 0.3) is 0 Å². The topological polar surface area (TPSA) is 38.9 Å². The maximum absolute atomic E-state index is 12.5. The SMILES string of the molecule is N[C@@H](c1ccc(C(F)(F)F)cc1)c1ncccc1Br.